The zero-order valence-corrected chi connectivity index (χ0v) is 16.9. The first-order chi connectivity index (χ1) is 13.4. The van der Waals surface area contributed by atoms with Gasteiger partial charge in [-0.05, 0) is 49.1 Å². The number of carboxylic acid groups (broad SMARTS) is 1. The Hall–Kier alpha value is -2.60. The fourth-order valence-corrected chi connectivity index (χ4v) is 3.82. The van der Waals surface area contributed by atoms with Crippen LogP contribution in [-0.2, 0) is 16.0 Å². The van der Waals surface area contributed by atoms with E-state index >= 15 is 0 Å². The number of nitrogens with one attached hydrogen (secondary N) is 1. The van der Waals surface area contributed by atoms with E-state index in [-0.39, 0.29) is 16.6 Å². The van der Waals surface area contributed by atoms with Crippen LogP contribution in [0.15, 0.2) is 48.5 Å². The molecule has 0 bridgehead atoms. The third-order valence-corrected chi connectivity index (χ3v) is 5.28. The van der Waals surface area contributed by atoms with Gasteiger partial charge in [0.25, 0.3) is 0 Å². The number of rotatable bonds is 9. The number of carbonyl (C=O) groups is 3. The van der Waals surface area contributed by atoms with Gasteiger partial charge in [0.15, 0.2) is 5.12 Å². The molecule has 1 atom stereocenters. The fourth-order valence-electron chi connectivity index (χ4n) is 2.82. The number of amides is 1. The lowest BCUT2D eigenvalue weighted by molar-refractivity contribution is -0.119. The zero-order valence-electron chi connectivity index (χ0n) is 16.1. The molecule has 0 saturated heterocycles. The van der Waals surface area contributed by atoms with Crippen LogP contribution in [0.4, 0.5) is 5.69 Å². The lowest BCUT2D eigenvalue weighted by Crippen LogP contribution is -2.27. The molecule has 0 aromatic heterocycles. The average Bonchev–Trinajstić information content (AvgIpc) is 2.65. The number of hydrogen-bond acceptors (Lipinski definition) is 4. The average molecular weight is 400 g/mol. The number of hydrogen-bond donors (Lipinski definition) is 2. The van der Waals surface area contributed by atoms with Crippen molar-refractivity contribution in [3.63, 3.8) is 0 Å². The van der Waals surface area contributed by atoms with E-state index in [0.717, 1.165) is 17.5 Å². The second kappa shape index (κ2) is 10.7. The molecule has 28 heavy (non-hydrogen) atoms. The highest BCUT2D eigenvalue weighted by Crippen LogP contribution is 2.21. The number of carbonyl (C=O) groups excluding carboxylic acids is 2. The molecule has 0 spiro atoms. The predicted octanol–water partition coefficient (Wildman–Crippen LogP) is 4.55. The smallest absolute Gasteiger partial charge is 0.335 e. The molecule has 1 amide bonds. The highest BCUT2D eigenvalue weighted by Gasteiger charge is 2.21. The molecule has 0 aliphatic heterocycles. The minimum absolute atomic E-state index is 0.0806. The van der Waals surface area contributed by atoms with Crippen molar-refractivity contribution in [2.75, 3.05) is 11.1 Å². The predicted molar refractivity (Wildman–Crippen MR) is 113 cm³/mol. The Bertz CT molecular complexity index is 836. The highest BCUT2D eigenvalue weighted by atomic mass is 32.2. The Kier molecular flexibility index (Phi) is 8.26. The van der Waals surface area contributed by atoms with Gasteiger partial charge in [0.1, 0.15) is 0 Å². The molecule has 0 heterocycles. The number of aryl methyl sites for hydroxylation is 1. The lowest BCUT2D eigenvalue weighted by atomic mass is 10.00. The van der Waals surface area contributed by atoms with Crippen molar-refractivity contribution >= 4 is 34.4 Å². The molecule has 6 heteroatoms. The number of aromatic carboxylic acids is 1. The van der Waals surface area contributed by atoms with Crippen LogP contribution in [0.3, 0.4) is 0 Å². The van der Waals surface area contributed by atoms with Gasteiger partial charge in [-0.15, -0.1) is 0 Å². The fraction of sp³-hybridized carbons (Fsp3) is 0.318. The number of carboxylic acids is 1. The summed E-state index contributed by atoms with van der Waals surface area (Å²) in [6, 6.07) is 14.4. The van der Waals surface area contributed by atoms with Crippen molar-refractivity contribution in [2.45, 2.75) is 33.1 Å². The van der Waals surface area contributed by atoms with Gasteiger partial charge < -0.3 is 10.4 Å². The van der Waals surface area contributed by atoms with Crippen LogP contribution >= 0.6 is 11.8 Å². The molecule has 0 radical (unpaired) electrons. The molecule has 0 aliphatic carbocycles. The first kappa shape index (κ1) is 21.7. The van der Waals surface area contributed by atoms with Gasteiger partial charge in [-0.25, -0.2) is 4.79 Å². The van der Waals surface area contributed by atoms with E-state index in [1.807, 2.05) is 37.3 Å². The van der Waals surface area contributed by atoms with Crippen LogP contribution < -0.4 is 5.32 Å². The molecule has 5 nitrogen and oxygen atoms in total. The van der Waals surface area contributed by atoms with Crippen molar-refractivity contribution in [1.29, 1.82) is 0 Å². The minimum atomic E-state index is -1.04. The van der Waals surface area contributed by atoms with Gasteiger partial charge in [0.05, 0.1) is 11.5 Å². The van der Waals surface area contributed by atoms with Gasteiger partial charge in [-0.3, -0.25) is 9.59 Å². The maximum Gasteiger partial charge on any atom is 0.335 e. The largest absolute Gasteiger partial charge is 0.478 e. The Morgan fingerprint density at radius 2 is 1.82 bits per heavy atom. The minimum Gasteiger partial charge on any atom is -0.478 e. The molecule has 2 N–H and O–H groups in total. The Morgan fingerprint density at radius 1 is 1.11 bits per heavy atom. The number of benzene rings is 2. The Balaban J connectivity index is 2.15. The van der Waals surface area contributed by atoms with E-state index in [1.54, 1.807) is 19.1 Å². The topological polar surface area (TPSA) is 83.5 Å². The van der Waals surface area contributed by atoms with Crippen molar-refractivity contribution in [3.8, 4) is 0 Å². The summed E-state index contributed by atoms with van der Waals surface area (Å²) in [6.07, 6.45) is 1.78. The molecule has 2 aromatic rings. The number of thioether (sulfide) groups is 1. The lowest BCUT2D eigenvalue weighted by Gasteiger charge is -2.17. The second-order valence-corrected chi connectivity index (χ2v) is 7.78. The van der Waals surface area contributed by atoms with Crippen LogP contribution in [-0.4, -0.2) is 27.9 Å². The quantitative estimate of drug-likeness (QED) is 0.646. The third kappa shape index (κ3) is 6.85. The van der Waals surface area contributed by atoms with Crippen molar-refractivity contribution in [2.24, 2.45) is 5.92 Å². The van der Waals surface area contributed by atoms with E-state index in [1.165, 1.54) is 17.8 Å². The summed E-state index contributed by atoms with van der Waals surface area (Å²) in [4.78, 5) is 36.1. The van der Waals surface area contributed by atoms with Crippen LogP contribution in [0.1, 0.15) is 41.3 Å². The molecular weight excluding hydrogens is 374 g/mol. The third-order valence-electron chi connectivity index (χ3n) is 4.19. The maximum atomic E-state index is 12.9. The van der Waals surface area contributed by atoms with E-state index in [0.29, 0.717) is 24.3 Å². The van der Waals surface area contributed by atoms with Crippen molar-refractivity contribution in [3.05, 3.63) is 65.2 Å². The molecule has 0 saturated carbocycles. The van der Waals surface area contributed by atoms with E-state index in [9.17, 15) is 19.5 Å². The first-order valence-electron chi connectivity index (χ1n) is 9.24. The maximum absolute atomic E-state index is 12.9. The molecule has 2 rings (SSSR count). The summed E-state index contributed by atoms with van der Waals surface area (Å²) in [5, 5.41) is 12.1. The summed E-state index contributed by atoms with van der Waals surface area (Å²) in [7, 11) is 0. The van der Waals surface area contributed by atoms with Gasteiger partial charge in [-0.1, -0.05) is 49.0 Å². The normalized spacial score (nSPS) is 11.6. The van der Waals surface area contributed by atoms with E-state index < -0.39 is 11.9 Å². The Morgan fingerprint density at radius 3 is 2.46 bits per heavy atom. The van der Waals surface area contributed by atoms with Crippen LogP contribution in [0.25, 0.3) is 0 Å². The molecule has 1 unspecified atom stereocenters. The molecular formula is C22H25NO4S. The summed E-state index contributed by atoms with van der Waals surface area (Å²) < 4.78 is 0. The highest BCUT2D eigenvalue weighted by molar-refractivity contribution is 8.13. The van der Waals surface area contributed by atoms with E-state index in [2.05, 4.69) is 5.32 Å². The van der Waals surface area contributed by atoms with Crippen LogP contribution in [0.2, 0.25) is 0 Å². The Labute approximate surface area is 169 Å². The summed E-state index contributed by atoms with van der Waals surface area (Å²) in [5.41, 5.74) is 2.34. The SMILES string of the molecule is CCCC(=O)SCC(Cc1ccccc1)C(=O)Nc1cc(C)cc(C(=O)O)c1. The standard InChI is InChI=1S/C22H25NO4S/c1-3-7-20(24)28-14-18(12-16-8-5-4-6-9-16)21(25)23-19-11-15(2)10-17(13-19)22(26)27/h4-6,8-11,13,18H,3,7,12,14H2,1-2H3,(H,23,25)(H,26,27). The first-order valence-corrected chi connectivity index (χ1v) is 10.2. The zero-order chi connectivity index (χ0) is 20.5. The summed E-state index contributed by atoms with van der Waals surface area (Å²) >= 11 is 1.18. The molecule has 2 aromatic carbocycles. The summed E-state index contributed by atoms with van der Waals surface area (Å²) in [5.74, 6) is -1.28. The van der Waals surface area contributed by atoms with Crippen molar-refractivity contribution in [1.82, 2.24) is 0 Å². The number of anilines is 1. The molecule has 0 fully saturated rings. The molecule has 0 aliphatic rings. The second-order valence-electron chi connectivity index (χ2n) is 6.70. The summed E-state index contributed by atoms with van der Waals surface area (Å²) in [6.45, 7) is 3.73. The van der Waals surface area contributed by atoms with Gasteiger partial charge in [-0.2, -0.15) is 0 Å². The van der Waals surface area contributed by atoms with E-state index in [4.69, 9.17) is 0 Å². The molecule has 148 valence electrons. The van der Waals surface area contributed by atoms with Gasteiger partial charge >= 0.3 is 5.97 Å². The van der Waals surface area contributed by atoms with Gasteiger partial charge in [0.2, 0.25) is 5.91 Å². The van der Waals surface area contributed by atoms with Crippen molar-refractivity contribution < 1.29 is 19.5 Å². The van der Waals surface area contributed by atoms with Crippen LogP contribution in [0, 0.1) is 12.8 Å². The van der Waals surface area contributed by atoms with Gasteiger partial charge in [0, 0.05) is 17.9 Å². The van der Waals surface area contributed by atoms with Crippen LogP contribution in [0.5, 0.6) is 0 Å². The monoisotopic (exact) mass is 399 g/mol.